The quantitative estimate of drug-likeness (QED) is 0.556. The number of H-pyrrole nitrogens is 1. The van der Waals surface area contributed by atoms with Crippen LogP contribution in [0.25, 0.3) is 22.2 Å². The van der Waals surface area contributed by atoms with Crippen molar-refractivity contribution in [3.63, 3.8) is 0 Å². The molecule has 1 aromatic heterocycles. The van der Waals surface area contributed by atoms with Gasteiger partial charge in [0.1, 0.15) is 0 Å². The third-order valence-corrected chi connectivity index (χ3v) is 4.84. The second kappa shape index (κ2) is 6.48. The number of rotatable bonds is 5. The summed E-state index contributed by atoms with van der Waals surface area (Å²) in [6, 6.07) is 11.5. The van der Waals surface area contributed by atoms with E-state index in [1.807, 2.05) is 36.4 Å². The molecule has 0 atom stereocenters. The minimum Gasteiger partial charge on any atom is -0.480 e. The van der Waals surface area contributed by atoms with Crippen LogP contribution in [0.3, 0.4) is 0 Å². The van der Waals surface area contributed by atoms with Crippen molar-refractivity contribution in [1.82, 2.24) is 15.6 Å². The smallest absolute Gasteiger partial charge is 0.317 e. The Hall–Kier alpha value is -2.83. The van der Waals surface area contributed by atoms with Crippen LogP contribution in [0.1, 0.15) is 21.5 Å². The molecular formula is C19H16ClN3O3. The number of hydrogen-bond donors (Lipinski definition) is 4. The van der Waals surface area contributed by atoms with E-state index in [0.717, 1.165) is 33.3 Å². The molecule has 4 N–H and O–H groups in total. The van der Waals surface area contributed by atoms with E-state index in [-0.39, 0.29) is 12.5 Å². The van der Waals surface area contributed by atoms with Crippen molar-refractivity contribution >= 4 is 34.4 Å². The number of amides is 1. The van der Waals surface area contributed by atoms with Gasteiger partial charge in [0.15, 0.2) is 0 Å². The summed E-state index contributed by atoms with van der Waals surface area (Å²) in [5.74, 6) is -1.00. The van der Waals surface area contributed by atoms with Crippen LogP contribution in [0.5, 0.6) is 0 Å². The number of carboxylic acids is 1. The zero-order valence-electron chi connectivity index (χ0n) is 13.7. The number of halogens is 1. The van der Waals surface area contributed by atoms with Crippen molar-refractivity contribution in [2.24, 2.45) is 0 Å². The molecule has 0 bridgehead atoms. The highest BCUT2D eigenvalue weighted by atomic mass is 35.5. The van der Waals surface area contributed by atoms with Crippen LogP contribution in [0, 0.1) is 0 Å². The largest absolute Gasteiger partial charge is 0.480 e. The molecule has 0 unspecified atom stereocenters. The first-order valence-corrected chi connectivity index (χ1v) is 8.55. The van der Waals surface area contributed by atoms with E-state index < -0.39 is 5.97 Å². The SMILES string of the molecule is O=C(O)CNCc1ccc2[nH]c(-c3ccc(Cl)c4c3C(=O)NC4)cc2c1. The number of aromatic nitrogens is 1. The zero-order valence-corrected chi connectivity index (χ0v) is 14.5. The van der Waals surface area contributed by atoms with Gasteiger partial charge in [-0.25, -0.2) is 0 Å². The first-order chi connectivity index (χ1) is 12.5. The van der Waals surface area contributed by atoms with Crippen LogP contribution in [-0.4, -0.2) is 28.5 Å². The van der Waals surface area contributed by atoms with E-state index in [0.29, 0.717) is 23.7 Å². The van der Waals surface area contributed by atoms with Gasteiger partial charge in [-0.05, 0) is 29.8 Å². The van der Waals surface area contributed by atoms with Crippen LogP contribution in [-0.2, 0) is 17.9 Å². The van der Waals surface area contributed by atoms with Crippen molar-refractivity contribution < 1.29 is 14.7 Å². The van der Waals surface area contributed by atoms with E-state index in [4.69, 9.17) is 16.7 Å². The van der Waals surface area contributed by atoms with E-state index >= 15 is 0 Å². The van der Waals surface area contributed by atoms with Gasteiger partial charge in [-0.15, -0.1) is 0 Å². The van der Waals surface area contributed by atoms with E-state index in [9.17, 15) is 9.59 Å². The van der Waals surface area contributed by atoms with Crippen LogP contribution < -0.4 is 10.6 Å². The Bertz CT molecular complexity index is 1040. The van der Waals surface area contributed by atoms with Gasteiger partial charge in [-0.3, -0.25) is 9.59 Å². The Kier molecular flexibility index (Phi) is 4.14. The maximum absolute atomic E-state index is 12.2. The number of aliphatic carboxylic acids is 1. The summed E-state index contributed by atoms with van der Waals surface area (Å²) in [5, 5.41) is 16.0. The number of hydrogen-bond acceptors (Lipinski definition) is 3. The molecule has 0 saturated heterocycles. The molecule has 26 heavy (non-hydrogen) atoms. The molecule has 7 heteroatoms. The monoisotopic (exact) mass is 369 g/mol. The van der Waals surface area contributed by atoms with Crippen LogP contribution in [0.15, 0.2) is 36.4 Å². The number of nitrogens with one attached hydrogen (secondary N) is 3. The molecule has 1 aliphatic heterocycles. The lowest BCUT2D eigenvalue weighted by molar-refractivity contribution is -0.136. The number of fused-ring (bicyclic) bond motifs is 2. The number of benzene rings is 2. The summed E-state index contributed by atoms with van der Waals surface area (Å²) >= 11 is 6.21. The van der Waals surface area contributed by atoms with Crippen molar-refractivity contribution in [3.05, 3.63) is 58.1 Å². The lowest BCUT2D eigenvalue weighted by Gasteiger charge is -2.06. The maximum atomic E-state index is 12.2. The zero-order chi connectivity index (χ0) is 18.3. The topological polar surface area (TPSA) is 94.2 Å². The van der Waals surface area contributed by atoms with Gasteiger partial charge >= 0.3 is 5.97 Å². The molecule has 0 spiro atoms. The van der Waals surface area contributed by atoms with Gasteiger partial charge in [0, 0.05) is 45.8 Å². The molecule has 3 aromatic rings. The van der Waals surface area contributed by atoms with E-state index in [2.05, 4.69) is 15.6 Å². The molecule has 2 heterocycles. The summed E-state index contributed by atoms with van der Waals surface area (Å²) < 4.78 is 0. The van der Waals surface area contributed by atoms with Gasteiger partial charge in [0.05, 0.1) is 12.1 Å². The standard InChI is InChI=1S/C19H16ClN3O3/c20-14-3-2-12(18-13(14)8-22-19(18)26)16-6-11-5-10(1-4-15(11)23-16)7-21-9-17(24)25/h1-6,21,23H,7-9H2,(H,22,26)(H,24,25). The van der Waals surface area contributed by atoms with E-state index in [1.165, 1.54) is 0 Å². The molecule has 0 fully saturated rings. The third-order valence-electron chi connectivity index (χ3n) is 4.49. The summed E-state index contributed by atoms with van der Waals surface area (Å²) in [6.45, 7) is 0.838. The second-order valence-corrected chi connectivity index (χ2v) is 6.64. The summed E-state index contributed by atoms with van der Waals surface area (Å²) in [5.41, 5.74) is 5.05. The van der Waals surface area contributed by atoms with Gasteiger partial charge in [0.2, 0.25) is 0 Å². The molecule has 1 aliphatic rings. The average Bonchev–Trinajstić information content (AvgIpc) is 3.19. The Morgan fingerprint density at radius 3 is 2.88 bits per heavy atom. The Balaban J connectivity index is 1.70. The molecular weight excluding hydrogens is 354 g/mol. The number of aromatic amines is 1. The van der Waals surface area contributed by atoms with Crippen molar-refractivity contribution in [3.8, 4) is 11.3 Å². The molecule has 132 valence electrons. The Labute approximate surface area is 154 Å². The number of carbonyl (C=O) groups is 2. The summed E-state index contributed by atoms with van der Waals surface area (Å²) in [6.07, 6.45) is 0. The normalized spacial score (nSPS) is 13.0. The third kappa shape index (κ3) is 2.94. The molecule has 4 rings (SSSR count). The highest BCUT2D eigenvalue weighted by Crippen LogP contribution is 2.34. The first-order valence-electron chi connectivity index (χ1n) is 8.17. The lowest BCUT2D eigenvalue weighted by Crippen LogP contribution is -2.21. The highest BCUT2D eigenvalue weighted by Gasteiger charge is 2.26. The summed E-state index contributed by atoms with van der Waals surface area (Å²) in [7, 11) is 0. The Morgan fingerprint density at radius 1 is 1.23 bits per heavy atom. The van der Waals surface area contributed by atoms with Crippen LogP contribution in [0.2, 0.25) is 5.02 Å². The van der Waals surface area contributed by atoms with Gasteiger partial charge in [-0.1, -0.05) is 23.7 Å². The minimum absolute atomic E-state index is 0.0809. The Morgan fingerprint density at radius 2 is 2.08 bits per heavy atom. The first kappa shape index (κ1) is 16.6. The fraction of sp³-hybridized carbons (Fsp3) is 0.158. The molecule has 1 amide bonds. The summed E-state index contributed by atoms with van der Waals surface area (Å²) in [4.78, 5) is 26.2. The molecule has 0 aliphatic carbocycles. The average molecular weight is 370 g/mol. The van der Waals surface area contributed by atoms with Gasteiger partial charge in [-0.2, -0.15) is 0 Å². The number of carbonyl (C=O) groups excluding carboxylic acids is 1. The van der Waals surface area contributed by atoms with Crippen LogP contribution >= 0.6 is 11.6 Å². The molecule has 0 saturated carbocycles. The van der Waals surface area contributed by atoms with Gasteiger partial charge < -0.3 is 20.7 Å². The highest BCUT2D eigenvalue weighted by molar-refractivity contribution is 6.32. The molecule has 6 nitrogen and oxygen atoms in total. The predicted octanol–water partition coefficient (Wildman–Crippen LogP) is 2.91. The fourth-order valence-corrected chi connectivity index (χ4v) is 3.51. The maximum Gasteiger partial charge on any atom is 0.317 e. The van der Waals surface area contributed by atoms with Crippen molar-refractivity contribution in [2.45, 2.75) is 13.1 Å². The molecule has 2 aromatic carbocycles. The second-order valence-electron chi connectivity index (χ2n) is 6.23. The van der Waals surface area contributed by atoms with Gasteiger partial charge in [0.25, 0.3) is 5.91 Å². The predicted molar refractivity (Wildman–Crippen MR) is 99.3 cm³/mol. The van der Waals surface area contributed by atoms with E-state index in [1.54, 1.807) is 0 Å². The lowest BCUT2D eigenvalue weighted by atomic mass is 10.0. The van der Waals surface area contributed by atoms with Crippen LogP contribution in [0.4, 0.5) is 0 Å². The molecule has 0 radical (unpaired) electrons. The fourth-order valence-electron chi connectivity index (χ4n) is 3.29. The van der Waals surface area contributed by atoms with Crippen molar-refractivity contribution in [1.29, 1.82) is 0 Å². The number of carboxylic acid groups (broad SMARTS) is 1. The van der Waals surface area contributed by atoms with Crippen molar-refractivity contribution in [2.75, 3.05) is 6.54 Å². The minimum atomic E-state index is -0.884.